The summed E-state index contributed by atoms with van der Waals surface area (Å²) in [6.45, 7) is 6.83. The first kappa shape index (κ1) is 38.1. The van der Waals surface area contributed by atoms with Crippen LogP contribution in [0.15, 0.2) is 77.7 Å². The number of ether oxygens (including phenoxy) is 1. The molecule has 0 heterocycles. The van der Waals surface area contributed by atoms with Crippen LogP contribution in [-0.2, 0) is 43.0 Å². The van der Waals surface area contributed by atoms with Crippen LogP contribution in [0.3, 0.4) is 0 Å². The highest BCUT2D eigenvalue weighted by molar-refractivity contribution is 7.89. The van der Waals surface area contributed by atoms with Gasteiger partial charge < -0.3 is 30.2 Å². The van der Waals surface area contributed by atoms with Gasteiger partial charge >= 0.3 is 5.97 Å². The Hall–Kier alpha value is -3.32. The van der Waals surface area contributed by atoms with Crippen LogP contribution in [-0.4, -0.2) is 60.5 Å². The molecule has 47 heavy (non-hydrogen) atoms. The number of carbonyl (C=O) groups excluding carboxylic acids is 1. The molecular weight excluding hydrogens is 620 g/mol. The summed E-state index contributed by atoms with van der Waals surface area (Å²) in [7, 11) is -4.16. The van der Waals surface area contributed by atoms with Crippen LogP contribution in [0.5, 0.6) is 5.75 Å². The summed E-state index contributed by atoms with van der Waals surface area (Å²) in [5, 5.41) is 32.5. The van der Waals surface area contributed by atoms with Crippen molar-refractivity contribution in [2.75, 3.05) is 26.3 Å². The Morgan fingerprint density at radius 2 is 1.62 bits per heavy atom. The van der Waals surface area contributed by atoms with Gasteiger partial charge in [0.05, 0.1) is 23.1 Å². The zero-order chi connectivity index (χ0) is 34.3. The Bertz CT molecular complexity index is 1500. The van der Waals surface area contributed by atoms with Crippen LogP contribution < -0.4 is 5.32 Å². The van der Waals surface area contributed by atoms with E-state index < -0.39 is 27.6 Å². The number of nitrogens with zero attached hydrogens (tertiary/aromatic N) is 1. The lowest BCUT2D eigenvalue weighted by molar-refractivity contribution is -0.182. The number of aryl methyl sites for hydroxylation is 1. The Morgan fingerprint density at radius 3 is 2.32 bits per heavy atom. The molecule has 0 radical (unpaired) electrons. The van der Waals surface area contributed by atoms with Gasteiger partial charge in [0.25, 0.3) is 10.0 Å². The Kier molecular flexibility index (Phi) is 15.3. The highest BCUT2D eigenvalue weighted by Crippen LogP contribution is 2.34. The number of hydrogen-bond acceptors (Lipinski definition) is 9. The van der Waals surface area contributed by atoms with Crippen molar-refractivity contribution in [1.82, 2.24) is 9.79 Å². The van der Waals surface area contributed by atoms with Gasteiger partial charge in [-0.15, -0.1) is 0 Å². The Labute approximate surface area is 279 Å². The molecule has 0 bridgehead atoms. The van der Waals surface area contributed by atoms with Gasteiger partial charge in [-0.3, -0.25) is 4.79 Å². The number of phenols is 1. The molecule has 1 atom stereocenters. The lowest BCUT2D eigenvalue weighted by Crippen LogP contribution is -2.46. The lowest BCUT2D eigenvalue weighted by atomic mass is 9.96. The number of benzene rings is 3. The fourth-order valence-corrected chi connectivity index (χ4v) is 6.88. The average molecular weight is 671 g/mol. The smallest absolute Gasteiger partial charge is 0.323 e. The first-order valence-corrected chi connectivity index (χ1v) is 17.7. The third kappa shape index (κ3) is 11.7. The van der Waals surface area contributed by atoms with Crippen LogP contribution in [0.4, 0.5) is 0 Å². The molecule has 0 unspecified atom stereocenters. The maximum atomic E-state index is 13.7. The van der Waals surface area contributed by atoms with E-state index in [2.05, 4.69) is 5.32 Å². The third-order valence-corrected chi connectivity index (χ3v) is 9.77. The van der Waals surface area contributed by atoms with Crippen LogP contribution in [0.25, 0.3) is 0 Å². The van der Waals surface area contributed by atoms with E-state index in [1.165, 1.54) is 19.1 Å². The van der Waals surface area contributed by atoms with Gasteiger partial charge in [0, 0.05) is 32.2 Å². The molecule has 3 aromatic carbocycles. The fourth-order valence-electron chi connectivity index (χ4n) is 5.23. The van der Waals surface area contributed by atoms with Gasteiger partial charge in [-0.05, 0) is 97.9 Å². The van der Waals surface area contributed by atoms with E-state index in [0.717, 1.165) is 55.1 Å². The maximum absolute atomic E-state index is 13.7. The number of nitrogens with one attached hydrogen (secondary N) is 1. The molecule has 258 valence electrons. The summed E-state index contributed by atoms with van der Waals surface area (Å²) in [5.41, 5.74) is 1.49. The molecule has 0 saturated carbocycles. The minimum atomic E-state index is -4.16. The number of hydrogen-bond donors (Lipinski definition) is 4. The van der Waals surface area contributed by atoms with Crippen molar-refractivity contribution in [3.63, 3.8) is 0 Å². The predicted molar refractivity (Wildman–Crippen MR) is 181 cm³/mol. The molecule has 0 aliphatic heterocycles. The monoisotopic (exact) mass is 670 g/mol. The zero-order valence-corrected chi connectivity index (χ0v) is 28.5. The van der Waals surface area contributed by atoms with Crippen molar-refractivity contribution in [2.24, 2.45) is 0 Å². The van der Waals surface area contributed by atoms with Crippen LogP contribution in [0, 0.1) is 0 Å². The lowest BCUT2D eigenvalue weighted by Gasteiger charge is -2.35. The number of unbranched alkanes of at least 4 members (excludes halogenated alkanes) is 4. The molecule has 11 heteroatoms. The number of carbonyl (C=O) groups is 1. The second-order valence-electron chi connectivity index (χ2n) is 12.1. The van der Waals surface area contributed by atoms with Gasteiger partial charge in [0.1, 0.15) is 5.75 Å². The molecule has 4 N–H and O–H groups in total. The van der Waals surface area contributed by atoms with Gasteiger partial charge in [-0.2, -0.15) is 0 Å². The molecule has 3 rings (SSSR count). The number of aliphatic hydroxyl groups is 2. The molecule has 3 aromatic rings. The summed E-state index contributed by atoms with van der Waals surface area (Å²) in [5.74, 6) is -0.698. The van der Waals surface area contributed by atoms with Crippen LogP contribution in [0.2, 0.25) is 0 Å². The molecule has 0 saturated heterocycles. The topological polar surface area (TPSA) is 146 Å². The van der Waals surface area contributed by atoms with Crippen LogP contribution >= 0.6 is 0 Å². The highest BCUT2D eigenvalue weighted by atomic mass is 32.2. The fraction of sp³-hybridized carbons (Fsp3) is 0.472. The van der Waals surface area contributed by atoms with E-state index in [1.807, 2.05) is 24.3 Å². The minimum absolute atomic E-state index is 0.0206. The normalized spacial score (nSPS) is 12.7. The van der Waals surface area contributed by atoms with Crippen molar-refractivity contribution in [3.05, 3.63) is 95.1 Å². The van der Waals surface area contributed by atoms with E-state index in [1.54, 1.807) is 50.2 Å². The van der Waals surface area contributed by atoms with Crippen molar-refractivity contribution >= 4 is 16.0 Å². The van der Waals surface area contributed by atoms with E-state index in [0.29, 0.717) is 42.9 Å². The van der Waals surface area contributed by atoms with Crippen molar-refractivity contribution in [1.29, 1.82) is 0 Å². The summed E-state index contributed by atoms with van der Waals surface area (Å²) >= 11 is 0. The largest absolute Gasteiger partial charge is 0.508 e. The average Bonchev–Trinajstić information content (AvgIpc) is 3.06. The van der Waals surface area contributed by atoms with Gasteiger partial charge in [0.15, 0.2) is 0 Å². The molecular formula is C36H50N2O8S. The second kappa shape index (κ2) is 18.9. The first-order valence-electron chi connectivity index (χ1n) is 16.2. The van der Waals surface area contributed by atoms with E-state index in [4.69, 9.17) is 9.57 Å². The quantitative estimate of drug-likeness (QED) is 0.0851. The number of sulfonamides is 1. The van der Waals surface area contributed by atoms with Crippen molar-refractivity contribution in [2.45, 2.75) is 88.9 Å². The van der Waals surface area contributed by atoms with E-state index in [-0.39, 0.29) is 17.3 Å². The molecule has 0 aromatic heterocycles. The molecule has 0 amide bonds. The molecule has 0 spiro atoms. The maximum Gasteiger partial charge on any atom is 0.323 e. The summed E-state index contributed by atoms with van der Waals surface area (Å²) in [4.78, 5) is 17.3. The van der Waals surface area contributed by atoms with Crippen molar-refractivity contribution in [3.8, 4) is 5.75 Å². The molecule has 0 aliphatic rings. The first-order chi connectivity index (χ1) is 22.5. The minimum Gasteiger partial charge on any atom is -0.508 e. The molecule has 0 aliphatic carbocycles. The molecule has 10 nitrogen and oxygen atoms in total. The SMILES string of the molecule is CC(=O)ON(C(C)(C)c1ccccc1)S(=O)(=O)c1cccc(CCCCOCCCCCCNC[C@@H](O)c2ccc(O)c(CO)c2)c1. The van der Waals surface area contributed by atoms with Gasteiger partial charge in [0.2, 0.25) is 0 Å². The number of aromatic hydroxyl groups is 1. The van der Waals surface area contributed by atoms with Gasteiger partial charge in [-0.25, -0.2) is 8.42 Å². The summed E-state index contributed by atoms with van der Waals surface area (Å²) in [6, 6.07) is 20.6. The Balaban J connectivity index is 1.32. The van der Waals surface area contributed by atoms with E-state index >= 15 is 0 Å². The Morgan fingerprint density at radius 1 is 0.915 bits per heavy atom. The van der Waals surface area contributed by atoms with Crippen molar-refractivity contribution < 1.29 is 38.1 Å². The highest BCUT2D eigenvalue weighted by Gasteiger charge is 2.42. The third-order valence-electron chi connectivity index (χ3n) is 7.96. The second-order valence-corrected chi connectivity index (χ2v) is 13.9. The standard InChI is InChI=1S/C36H50N2O8S/c1-28(40)46-38(36(2,3)32-16-7-6-8-17-32)47(43,44)33-18-13-15-29(24-33)14-9-12-23-45-22-11-5-4-10-21-37-26-35(42)30-19-20-34(41)31(25-30)27-39/h6-8,13,15-20,24-25,35,37,39,41-42H,4-5,9-12,14,21-23,26-27H2,1-3H3/t35-/m1/s1. The predicted octanol–water partition coefficient (Wildman–Crippen LogP) is 5.51. The number of hydroxylamine groups is 1. The number of aliphatic hydroxyl groups excluding tert-OH is 2. The summed E-state index contributed by atoms with van der Waals surface area (Å²) < 4.78 is 34.1. The zero-order valence-electron chi connectivity index (χ0n) is 27.7. The van der Waals surface area contributed by atoms with Gasteiger partial charge in [-0.1, -0.05) is 61.4 Å². The summed E-state index contributed by atoms with van der Waals surface area (Å²) in [6.07, 6.45) is 5.74. The number of rotatable bonds is 21. The molecule has 0 fully saturated rings. The van der Waals surface area contributed by atoms with E-state index in [9.17, 15) is 28.5 Å². The van der Waals surface area contributed by atoms with Crippen LogP contribution in [0.1, 0.15) is 87.7 Å².